The molecule has 144 valence electrons. The second-order valence-corrected chi connectivity index (χ2v) is 7.27. The molecule has 28 heavy (non-hydrogen) atoms. The van der Waals surface area contributed by atoms with E-state index in [1.165, 1.54) is 16.7 Å². The predicted molar refractivity (Wildman–Crippen MR) is 107 cm³/mol. The molecule has 0 saturated carbocycles. The third kappa shape index (κ3) is 4.77. The van der Waals surface area contributed by atoms with Crippen molar-refractivity contribution in [1.82, 2.24) is 15.0 Å². The number of aryl methyl sites for hydroxylation is 1. The molecule has 0 aliphatic carbocycles. The van der Waals surface area contributed by atoms with Gasteiger partial charge in [0.05, 0.1) is 11.3 Å². The highest BCUT2D eigenvalue weighted by atomic mass is 32.2. The van der Waals surface area contributed by atoms with E-state index in [-0.39, 0.29) is 11.8 Å². The molecule has 0 radical (unpaired) electrons. The highest BCUT2D eigenvalue weighted by Gasteiger charge is 2.14. The number of anilines is 1. The van der Waals surface area contributed by atoms with Crippen LogP contribution >= 0.6 is 11.8 Å². The Bertz CT molecular complexity index is 1000. The molecule has 2 amide bonds. The van der Waals surface area contributed by atoms with E-state index in [1.807, 2.05) is 18.2 Å². The standard InChI is InChI=1S/C20H20N4O3S/c1-13-21-18(27-23-13)12-28-17-10-5-4-9-16(17)19(25)22-15-8-6-7-14(11-15)20(26)24(2)3/h4-11H,12H2,1-3H3,(H,22,25). The maximum absolute atomic E-state index is 12.8. The van der Waals surface area contributed by atoms with Crippen molar-refractivity contribution in [3.8, 4) is 0 Å². The van der Waals surface area contributed by atoms with Gasteiger partial charge in [0, 0.05) is 30.2 Å². The SMILES string of the molecule is Cc1noc(CSc2ccccc2C(=O)Nc2cccc(C(=O)N(C)C)c2)n1. The molecule has 0 bridgehead atoms. The smallest absolute Gasteiger partial charge is 0.256 e. The van der Waals surface area contributed by atoms with E-state index in [1.54, 1.807) is 51.4 Å². The number of nitrogens with one attached hydrogen (secondary N) is 1. The van der Waals surface area contributed by atoms with Gasteiger partial charge in [-0.05, 0) is 37.3 Å². The molecule has 1 N–H and O–H groups in total. The molecule has 7 nitrogen and oxygen atoms in total. The van der Waals surface area contributed by atoms with Crippen LogP contribution in [0.25, 0.3) is 0 Å². The van der Waals surface area contributed by atoms with E-state index in [2.05, 4.69) is 15.5 Å². The molecule has 0 spiro atoms. The van der Waals surface area contributed by atoms with Crippen molar-refractivity contribution in [3.05, 3.63) is 71.4 Å². The Morgan fingerprint density at radius 3 is 2.64 bits per heavy atom. The number of rotatable bonds is 6. The Morgan fingerprint density at radius 1 is 1.14 bits per heavy atom. The summed E-state index contributed by atoms with van der Waals surface area (Å²) in [6.07, 6.45) is 0. The van der Waals surface area contributed by atoms with Crippen molar-refractivity contribution in [3.63, 3.8) is 0 Å². The number of benzene rings is 2. The Hall–Kier alpha value is -3.13. The van der Waals surface area contributed by atoms with Crippen LogP contribution in [-0.2, 0) is 5.75 Å². The third-order valence-electron chi connectivity index (χ3n) is 3.83. The minimum Gasteiger partial charge on any atom is -0.345 e. The molecule has 0 saturated heterocycles. The van der Waals surface area contributed by atoms with E-state index in [9.17, 15) is 9.59 Å². The fourth-order valence-electron chi connectivity index (χ4n) is 2.50. The van der Waals surface area contributed by atoms with Gasteiger partial charge in [0.1, 0.15) is 0 Å². The lowest BCUT2D eigenvalue weighted by Gasteiger charge is -2.12. The van der Waals surface area contributed by atoms with E-state index >= 15 is 0 Å². The minimum atomic E-state index is -0.251. The van der Waals surface area contributed by atoms with Gasteiger partial charge in [0.25, 0.3) is 11.8 Å². The summed E-state index contributed by atoms with van der Waals surface area (Å²) in [5.41, 5.74) is 1.61. The Labute approximate surface area is 167 Å². The van der Waals surface area contributed by atoms with Gasteiger partial charge in [-0.25, -0.2) is 0 Å². The van der Waals surface area contributed by atoms with Crippen LogP contribution in [0, 0.1) is 6.92 Å². The first kappa shape index (κ1) is 19.6. The van der Waals surface area contributed by atoms with Gasteiger partial charge in [-0.1, -0.05) is 23.4 Å². The van der Waals surface area contributed by atoms with Crippen molar-refractivity contribution in [2.45, 2.75) is 17.6 Å². The molecule has 0 atom stereocenters. The van der Waals surface area contributed by atoms with Gasteiger partial charge in [-0.3, -0.25) is 9.59 Å². The molecule has 0 unspecified atom stereocenters. The van der Waals surface area contributed by atoms with Crippen molar-refractivity contribution in [1.29, 1.82) is 0 Å². The number of amides is 2. The average Bonchev–Trinajstić information content (AvgIpc) is 3.11. The molecule has 3 rings (SSSR count). The summed E-state index contributed by atoms with van der Waals surface area (Å²) >= 11 is 1.45. The van der Waals surface area contributed by atoms with Crippen LogP contribution in [0.4, 0.5) is 5.69 Å². The molecule has 1 heterocycles. The first-order valence-corrected chi connectivity index (χ1v) is 9.56. The summed E-state index contributed by atoms with van der Waals surface area (Å²) in [6, 6.07) is 14.2. The predicted octanol–water partition coefficient (Wildman–Crippen LogP) is 3.62. The van der Waals surface area contributed by atoms with Crippen LogP contribution in [0.5, 0.6) is 0 Å². The van der Waals surface area contributed by atoms with Crippen molar-refractivity contribution in [2.75, 3.05) is 19.4 Å². The van der Waals surface area contributed by atoms with Gasteiger partial charge < -0.3 is 14.7 Å². The van der Waals surface area contributed by atoms with E-state index in [0.717, 1.165) is 4.90 Å². The maximum atomic E-state index is 12.8. The summed E-state index contributed by atoms with van der Waals surface area (Å²) in [5, 5.41) is 6.63. The molecule has 0 aliphatic heterocycles. The zero-order valence-electron chi connectivity index (χ0n) is 15.8. The van der Waals surface area contributed by atoms with E-state index < -0.39 is 0 Å². The van der Waals surface area contributed by atoms with E-state index in [4.69, 9.17) is 4.52 Å². The molecule has 2 aromatic carbocycles. The highest BCUT2D eigenvalue weighted by molar-refractivity contribution is 7.98. The Balaban J connectivity index is 1.74. The number of hydrogen-bond acceptors (Lipinski definition) is 6. The highest BCUT2D eigenvalue weighted by Crippen LogP contribution is 2.26. The van der Waals surface area contributed by atoms with Gasteiger partial charge in [0.2, 0.25) is 5.89 Å². The van der Waals surface area contributed by atoms with Crippen LogP contribution < -0.4 is 5.32 Å². The molecule has 3 aromatic rings. The van der Waals surface area contributed by atoms with Gasteiger partial charge in [-0.2, -0.15) is 4.98 Å². The number of carbonyl (C=O) groups is 2. The van der Waals surface area contributed by atoms with Gasteiger partial charge >= 0.3 is 0 Å². The molecular formula is C20H20N4O3S. The number of nitrogens with zero attached hydrogens (tertiary/aromatic N) is 3. The maximum Gasteiger partial charge on any atom is 0.256 e. The lowest BCUT2D eigenvalue weighted by molar-refractivity contribution is 0.0827. The quantitative estimate of drug-likeness (QED) is 0.640. The van der Waals surface area contributed by atoms with Crippen LogP contribution in [0.15, 0.2) is 57.9 Å². The second kappa shape index (κ2) is 8.71. The minimum absolute atomic E-state index is 0.123. The Morgan fingerprint density at radius 2 is 1.93 bits per heavy atom. The normalized spacial score (nSPS) is 10.5. The summed E-state index contributed by atoms with van der Waals surface area (Å²) in [5.74, 6) is 1.18. The van der Waals surface area contributed by atoms with E-state index in [0.29, 0.717) is 34.3 Å². The lowest BCUT2D eigenvalue weighted by Crippen LogP contribution is -2.22. The van der Waals surface area contributed by atoms with Crippen LogP contribution in [0.3, 0.4) is 0 Å². The Kier molecular flexibility index (Phi) is 6.10. The van der Waals surface area contributed by atoms with Crippen LogP contribution in [-0.4, -0.2) is 41.0 Å². The lowest BCUT2D eigenvalue weighted by atomic mass is 10.1. The third-order valence-corrected chi connectivity index (χ3v) is 4.88. The number of carbonyl (C=O) groups excluding carboxylic acids is 2. The first-order valence-electron chi connectivity index (χ1n) is 8.58. The average molecular weight is 396 g/mol. The summed E-state index contributed by atoms with van der Waals surface area (Å²) in [7, 11) is 3.37. The van der Waals surface area contributed by atoms with Gasteiger partial charge in [-0.15, -0.1) is 11.8 Å². The first-order chi connectivity index (χ1) is 13.4. The number of hydrogen-bond donors (Lipinski definition) is 1. The molecular weight excluding hydrogens is 376 g/mol. The fourth-order valence-corrected chi connectivity index (χ4v) is 3.39. The van der Waals surface area contributed by atoms with Crippen molar-refractivity contribution in [2.24, 2.45) is 0 Å². The zero-order chi connectivity index (χ0) is 20.1. The van der Waals surface area contributed by atoms with Crippen LogP contribution in [0.1, 0.15) is 32.4 Å². The molecule has 8 heteroatoms. The number of aromatic nitrogens is 2. The zero-order valence-corrected chi connectivity index (χ0v) is 16.6. The molecule has 0 aliphatic rings. The van der Waals surface area contributed by atoms with Crippen molar-refractivity contribution < 1.29 is 14.1 Å². The summed E-state index contributed by atoms with van der Waals surface area (Å²) in [6.45, 7) is 1.76. The van der Waals surface area contributed by atoms with Crippen molar-refractivity contribution >= 4 is 29.3 Å². The number of thioether (sulfide) groups is 1. The monoisotopic (exact) mass is 396 g/mol. The van der Waals surface area contributed by atoms with Gasteiger partial charge in [0.15, 0.2) is 5.82 Å². The summed E-state index contributed by atoms with van der Waals surface area (Å²) in [4.78, 5) is 31.4. The summed E-state index contributed by atoms with van der Waals surface area (Å²) < 4.78 is 5.12. The molecule has 1 aromatic heterocycles. The second-order valence-electron chi connectivity index (χ2n) is 6.25. The topological polar surface area (TPSA) is 88.3 Å². The molecule has 0 fully saturated rings. The fraction of sp³-hybridized carbons (Fsp3) is 0.200. The van der Waals surface area contributed by atoms with Crippen LogP contribution in [0.2, 0.25) is 0 Å². The largest absolute Gasteiger partial charge is 0.345 e.